The summed E-state index contributed by atoms with van der Waals surface area (Å²) >= 11 is 1.84. The summed E-state index contributed by atoms with van der Waals surface area (Å²) in [6, 6.07) is 4.53. The Bertz CT molecular complexity index is 262. The van der Waals surface area contributed by atoms with E-state index in [0.29, 0.717) is 6.04 Å². The van der Waals surface area contributed by atoms with Gasteiger partial charge < -0.3 is 14.8 Å². The molecule has 0 fully saturated rings. The molecule has 2 N–H and O–H groups in total. The molecule has 1 heterocycles. The second kappa shape index (κ2) is 7.76. The average molecular weight is 243 g/mol. The minimum atomic E-state index is 0.208. The average Bonchev–Trinajstić information content (AvgIpc) is 2.74. The van der Waals surface area contributed by atoms with Gasteiger partial charge in [0, 0.05) is 12.1 Å². The van der Waals surface area contributed by atoms with Crippen LogP contribution in [-0.2, 0) is 5.75 Å². The molecule has 0 aliphatic heterocycles. The van der Waals surface area contributed by atoms with Crippen LogP contribution in [0.1, 0.15) is 26.0 Å². The van der Waals surface area contributed by atoms with E-state index in [4.69, 9.17) is 9.52 Å². The highest BCUT2D eigenvalue weighted by Crippen LogP contribution is 2.14. The van der Waals surface area contributed by atoms with Gasteiger partial charge in [0.15, 0.2) is 0 Å². The quantitative estimate of drug-likeness (QED) is 0.688. The number of rotatable bonds is 8. The fraction of sp³-hybridized carbons (Fsp3) is 0.667. The van der Waals surface area contributed by atoms with E-state index in [1.807, 2.05) is 23.9 Å². The van der Waals surface area contributed by atoms with Crippen LogP contribution in [0.15, 0.2) is 22.8 Å². The third-order valence-corrected chi connectivity index (χ3v) is 3.24. The van der Waals surface area contributed by atoms with Crippen molar-refractivity contribution in [3.05, 3.63) is 24.2 Å². The van der Waals surface area contributed by atoms with Gasteiger partial charge in [0.05, 0.1) is 18.6 Å². The lowest BCUT2D eigenvalue weighted by Gasteiger charge is -2.18. The second-order valence-corrected chi connectivity index (χ2v) is 5.23. The van der Waals surface area contributed by atoms with E-state index in [1.54, 1.807) is 6.26 Å². The van der Waals surface area contributed by atoms with Gasteiger partial charge in [0.25, 0.3) is 0 Å². The summed E-state index contributed by atoms with van der Waals surface area (Å²) in [4.78, 5) is 0. The first-order valence-corrected chi connectivity index (χ1v) is 6.85. The number of nitrogens with one attached hydrogen (secondary N) is 1. The number of hydrogen-bond acceptors (Lipinski definition) is 4. The Hall–Kier alpha value is -0.450. The summed E-state index contributed by atoms with van der Waals surface area (Å²) in [6.45, 7) is 4.40. The normalized spacial score (nSPS) is 13.2. The maximum absolute atomic E-state index is 9.17. The molecule has 1 unspecified atom stereocenters. The molecule has 0 aliphatic rings. The van der Waals surface area contributed by atoms with Gasteiger partial charge in [0.1, 0.15) is 5.76 Å². The molecule has 1 rings (SSSR count). The summed E-state index contributed by atoms with van der Waals surface area (Å²) in [5.41, 5.74) is 0. The molecule has 0 aromatic carbocycles. The van der Waals surface area contributed by atoms with Crippen LogP contribution < -0.4 is 5.32 Å². The molecule has 1 atom stereocenters. The minimum Gasteiger partial charge on any atom is -0.468 e. The molecule has 0 radical (unpaired) electrons. The molecule has 0 spiro atoms. The van der Waals surface area contributed by atoms with Gasteiger partial charge in [-0.2, -0.15) is 11.8 Å². The Labute approximate surface area is 102 Å². The van der Waals surface area contributed by atoms with Gasteiger partial charge in [-0.25, -0.2) is 0 Å². The van der Waals surface area contributed by atoms with Crippen LogP contribution in [0.25, 0.3) is 0 Å². The zero-order chi connectivity index (χ0) is 11.8. The van der Waals surface area contributed by atoms with Crippen molar-refractivity contribution in [2.45, 2.75) is 38.1 Å². The smallest absolute Gasteiger partial charge is 0.113 e. The molecule has 92 valence electrons. The first-order chi connectivity index (χ1) is 7.72. The Morgan fingerprint density at radius 1 is 1.50 bits per heavy atom. The maximum atomic E-state index is 9.17. The van der Waals surface area contributed by atoms with Crippen molar-refractivity contribution in [3.8, 4) is 0 Å². The van der Waals surface area contributed by atoms with Crippen LogP contribution in [0.3, 0.4) is 0 Å². The van der Waals surface area contributed by atoms with Gasteiger partial charge >= 0.3 is 0 Å². The lowest BCUT2D eigenvalue weighted by atomic mass is 10.2. The van der Waals surface area contributed by atoms with E-state index in [1.165, 1.54) is 0 Å². The van der Waals surface area contributed by atoms with Gasteiger partial charge in [-0.3, -0.25) is 0 Å². The van der Waals surface area contributed by atoms with Gasteiger partial charge in [-0.1, -0.05) is 13.8 Å². The van der Waals surface area contributed by atoms with E-state index in [0.717, 1.165) is 23.7 Å². The molecular formula is C12H21NO2S. The van der Waals surface area contributed by atoms with Crippen LogP contribution in [-0.4, -0.2) is 29.5 Å². The molecule has 0 saturated heterocycles. The molecule has 4 heteroatoms. The van der Waals surface area contributed by atoms with Crippen LogP contribution in [0, 0.1) is 0 Å². The highest BCUT2D eigenvalue weighted by Gasteiger charge is 2.08. The zero-order valence-electron chi connectivity index (χ0n) is 9.98. The lowest BCUT2D eigenvalue weighted by Crippen LogP contribution is -2.37. The van der Waals surface area contributed by atoms with E-state index in [9.17, 15) is 0 Å². The highest BCUT2D eigenvalue weighted by atomic mass is 32.2. The molecule has 0 amide bonds. The van der Waals surface area contributed by atoms with E-state index < -0.39 is 0 Å². The minimum absolute atomic E-state index is 0.208. The van der Waals surface area contributed by atoms with Gasteiger partial charge in [-0.15, -0.1) is 0 Å². The Balaban J connectivity index is 2.09. The standard InChI is InChI=1S/C12H21NO2S/c1-10(2)13-11(8-14)5-7-16-9-12-4-3-6-15-12/h3-4,6,10-11,13-14H,5,7-9H2,1-2H3. The summed E-state index contributed by atoms with van der Waals surface area (Å²) in [6.07, 6.45) is 2.69. The molecule has 0 bridgehead atoms. The van der Waals surface area contributed by atoms with E-state index in [2.05, 4.69) is 19.2 Å². The Morgan fingerprint density at radius 3 is 2.88 bits per heavy atom. The molecule has 0 saturated carbocycles. The fourth-order valence-corrected chi connectivity index (χ4v) is 2.45. The highest BCUT2D eigenvalue weighted by molar-refractivity contribution is 7.98. The summed E-state index contributed by atoms with van der Waals surface area (Å²) in [7, 11) is 0. The number of thioether (sulfide) groups is 1. The Morgan fingerprint density at radius 2 is 2.31 bits per heavy atom. The predicted octanol–water partition coefficient (Wildman–Crippen LogP) is 2.26. The van der Waals surface area contributed by atoms with Crippen LogP contribution >= 0.6 is 11.8 Å². The maximum Gasteiger partial charge on any atom is 0.113 e. The third kappa shape index (κ3) is 5.58. The van der Waals surface area contributed by atoms with Gasteiger partial charge in [-0.05, 0) is 24.3 Å². The molecular weight excluding hydrogens is 222 g/mol. The molecule has 1 aromatic heterocycles. The number of furan rings is 1. The van der Waals surface area contributed by atoms with E-state index in [-0.39, 0.29) is 12.6 Å². The Kier molecular flexibility index (Phi) is 6.61. The van der Waals surface area contributed by atoms with Crippen molar-refractivity contribution in [1.29, 1.82) is 0 Å². The summed E-state index contributed by atoms with van der Waals surface area (Å²) in [5, 5.41) is 12.5. The fourth-order valence-electron chi connectivity index (χ4n) is 1.49. The van der Waals surface area contributed by atoms with Crippen molar-refractivity contribution in [3.63, 3.8) is 0 Å². The molecule has 3 nitrogen and oxygen atoms in total. The first-order valence-electron chi connectivity index (χ1n) is 5.69. The van der Waals surface area contributed by atoms with Crippen molar-refractivity contribution < 1.29 is 9.52 Å². The van der Waals surface area contributed by atoms with Crippen molar-refractivity contribution in [2.75, 3.05) is 12.4 Å². The second-order valence-electron chi connectivity index (χ2n) is 4.12. The lowest BCUT2D eigenvalue weighted by molar-refractivity contribution is 0.232. The monoisotopic (exact) mass is 243 g/mol. The number of aliphatic hydroxyl groups excluding tert-OH is 1. The third-order valence-electron chi connectivity index (χ3n) is 2.22. The topological polar surface area (TPSA) is 45.4 Å². The number of hydrogen-bond donors (Lipinski definition) is 2. The van der Waals surface area contributed by atoms with E-state index >= 15 is 0 Å². The van der Waals surface area contributed by atoms with Crippen molar-refractivity contribution >= 4 is 11.8 Å². The van der Waals surface area contributed by atoms with Crippen molar-refractivity contribution in [1.82, 2.24) is 5.32 Å². The molecule has 1 aromatic rings. The molecule has 0 aliphatic carbocycles. The summed E-state index contributed by atoms with van der Waals surface area (Å²) in [5.74, 6) is 2.96. The predicted molar refractivity (Wildman–Crippen MR) is 68.6 cm³/mol. The van der Waals surface area contributed by atoms with Crippen LogP contribution in [0.5, 0.6) is 0 Å². The van der Waals surface area contributed by atoms with Crippen LogP contribution in [0.2, 0.25) is 0 Å². The number of aliphatic hydroxyl groups is 1. The first kappa shape index (κ1) is 13.6. The molecule has 16 heavy (non-hydrogen) atoms. The zero-order valence-corrected chi connectivity index (χ0v) is 10.8. The largest absolute Gasteiger partial charge is 0.468 e. The van der Waals surface area contributed by atoms with Gasteiger partial charge in [0.2, 0.25) is 0 Å². The summed E-state index contributed by atoms with van der Waals surface area (Å²) < 4.78 is 5.25. The van der Waals surface area contributed by atoms with Crippen molar-refractivity contribution in [2.24, 2.45) is 0 Å². The SMILES string of the molecule is CC(C)NC(CO)CCSCc1ccco1. The van der Waals surface area contributed by atoms with Crippen LogP contribution in [0.4, 0.5) is 0 Å².